The van der Waals surface area contributed by atoms with Crippen molar-refractivity contribution in [2.45, 2.75) is 64.6 Å². The standard InChI is InChI=1S/C25H32ClN5/c1-19-7-6-16-30(19)18-24-27-22-12-13-23(29-14-4-2-3-5-15-29)28-25(22)31(24)17-20-8-10-21(26)11-9-20/h8-13,19H,2-7,14-18H2,1H3/t19-/m1/s1. The third-order valence-corrected chi connectivity index (χ3v) is 7.13. The lowest BCUT2D eigenvalue weighted by atomic mass is 10.2. The average molecular weight is 438 g/mol. The predicted octanol–water partition coefficient (Wildman–Crippen LogP) is 5.50. The van der Waals surface area contributed by atoms with E-state index >= 15 is 0 Å². The number of hydrogen-bond acceptors (Lipinski definition) is 4. The Kier molecular flexibility index (Phi) is 6.15. The Labute approximate surface area is 190 Å². The molecule has 1 aromatic carbocycles. The van der Waals surface area contributed by atoms with Crippen LogP contribution in [-0.4, -0.2) is 45.1 Å². The molecular weight excluding hydrogens is 406 g/mol. The van der Waals surface area contributed by atoms with Gasteiger partial charge in [-0.1, -0.05) is 36.6 Å². The zero-order valence-corrected chi connectivity index (χ0v) is 19.2. The van der Waals surface area contributed by atoms with Gasteiger partial charge in [0, 0.05) is 24.2 Å². The first kappa shape index (κ1) is 20.8. The van der Waals surface area contributed by atoms with Crippen LogP contribution in [0, 0.1) is 0 Å². The van der Waals surface area contributed by atoms with Crippen molar-refractivity contribution >= 4 is 28.6 Å². The summed E-state index contributed by atoms with van der Waals surface area (Å²) in [6.45, 7) is 7.32. The van der Waals surface area contributed by atoms with Gasteiger partial charge >= 0.3 is 0 Å². The minimum absolute atomic E-state index is 0.615. The maximum absolute atomic E-state index is 6.13. The summed E-state index contributed by atoms with van der Waals surface area (Å²) in [7, 11) is 0. The highest BCUT2D eigenvalue weighted by Crippen LogP contribution is 2.26. The molecule has 0 radical (unpaired) electrons. The van der Waals surface area contributed by atoms with E-state index in [2.05, 4.69) is 45.6 Å². The summed E-state index contributed by atoms with van der Waals surface area (Å²) >= 11 is 6.13. The van der Waals surface area contributed by atoms with Gasteiger partial charge < -0.3 is 9.47 Å². The van der Waals surface area contributed by atoms with Crippen LogP contribution < -0.4 is 4.90 Å². The molecule has 5 rings (SSSR count). The molecule has 1 atom stereocenters. The van der Waals surface area contributed by atoms with E-state index in [0.29, 0.717) is 6.04 Å². The maximum atomic E-state index is 6.13. The highest BCUT2D eigenvalue weighted by atomic mass is 35.5. The molecule has 0 unspecified atom stereocenters. The molecule has 0 N–H and O–H groups in total. The molecule has 6 heteroatoms. The summed E-state index contributed by atoms with van der Waals surface area (Å²) in [4.78, 5) is 15.2. The molecule has 164 valence electrons. The number of aromatic nitrogens is 3. The van der Waals surface area contributed by atoms with Gasteiger partial charge in [0.1, 0.15) is 17.2 Å². The second-order valence-electron chi connectivity index (χ2n) is 9.12. The van der Waals surface area contributed by atoms with E-state index in [9.17, 15) is 0 Å². The molecule has 31 heavy (non-hydrogen) atoms. The van der Waals surface area contributed by atoms with E-state index in [1.807, 2.05) is 12.1 Å². The number of pyridine rings is 1. The van der Waals surface area contributed by atoms with E-state index in [1.165, 1.54) is 44.1 Å². The lowest BCUT2D eigenvalue weighted by Crippen LogP contribution is -2.28. The Morgan fingerprint density at radius 1 is 0.871 bits per heavy atom. The van der Waals surface area contributed by atoms with Gasteiger partial charge in [0.15, 0.2) is 5.65 Å². The van der Waals surface area contributed by atoms with E-state index in [1.54, 1.807) is 0 Å². The average Bonchev–Trinajstić information content (AvgIpc) is 3.20. The largest absolute Gasteiger partial charge is 0.357 e. The predicted molar refractivity (Wildman–Crippen MR) is 128 cm³/mol. The molecule has 2 fully saturated rings. The fourth-order valence-corrected chi connectivity index (χ4v) is 5.11. The molecule has 5 nitrogen and oxygen atoms in total. The Morgan fingerprint density at radius 2 is 1.65 bits per heavy atom. The van der Waals surface area contributed by atoms with Crippen LogP contribution in [0.4, 0.5) is 5.82 Å². The number of rotatable bonds is 5. The van der Waals surface area contributed by atoms with Crippen molar-refractivity contribution < 1.29 is 0 Å². The van der Waals surface area contributed by atoms with E-state index in [4.69, 9.17) is 21.6 Å². The highest BCUT2D eigenvalue weighted by Gasteiger charge is 2.24. The normalized spacial score (nSPS) is 20.5. The van der Waals surface area contributed by atoms with Crippen molar-refractivity contribution in [3.8, 4) is 0 Å². The first-order chi connectivity index (χ1) is 15.2. The Bertz CT molecular complexity index is 1020. The van der Waals surface area contributed by atoms with Gasteiger partial charge in [-0.25, -0.2) is 9.97 Å². The third-order valence-electron chi connectivity index (χ3n) is 6.88. The van der Waals surface area contributed by atoms with Crippen LogP contribution in [0.5, 0.6) is 0 Å². The molecule has 0 amide bonds. The van der Waals surface area contributed by atoms with Gasteiger partial charge in [0.2, 0.25) is 0 Å². The van der Waals surface area contributed by atoms with E-state index < -0.39 is 0 Å². The SMILES string of the molecule is C[C@@H]1CCCN1Cc1nc2ccc(N3CCCCCC3)nc2n1Cc1ccc(Cl)cc1. The van der Waals surface area contributed by atoms with Crippen LogP contribution in [0.1, 0.15) is 56.8 Å². The summed E-state index contributed by atoms with van der Waals surface area (Å²) in [5.41, 5.74) is 3.22. The lowest BCUT2D eigenvalue weighted by molar-refractivity contribution is 0.251. The Morgan fingerprint density at radius 3 is 2.35 bits per heavy atom. The molecule has 2 aromatic heterocycles. The Hall–Kier alpha value is -2.11. The van der Waals surface area contributed by atoms with Crippen LogP contribution >= 0.6 is 11.6 Å². The number of benzene rings is 1. The molecule has 0 bridgehead atoms. The maximum Gasteiger partial charge on any atom is 0.162 e. The molecule has 2 saturated heterocycles. The number of imidazole rings is 1. The number of hydrogen-bond donors (Lipinski definition) is 0. The van der Waals surface area contributed by atoms with Crippen molar-refractivity contribution in [3.63, 3.8) is 0 Å². The quantitative estimate of drug-likeness (QED) is 0.528. The van der Waals surface area contributed by atoms with Crippen LogP contribution in [0.3, 0.4) is 0 Å². The molecule has 0 aliphatic carbocycles. The fraction of sp³-hybridized carbons (Fsp3) is 0.520. The summed E-state index contributed by atoms with van der Waals surface area (Å²) in [5.74, 6) is 2.20. The highest BCUT2D eigenvalue weighted by molar-refractivity contribution is 6.30. The van der Waals surface area contributed by atoms with Crippen molar-refractivity contribution in [2.75, 3.05) is 24.5 Å². The molecule has 2 aliphatic rings. The fourth-order valence-electron chi connectivity index (χ4n) is 4.98. The van der Waals surface area contributed by atoms with E-state index in [-0.39, 0.29) is 0 Å². The van der Waals surface area contributed by atoms with Gasteiger partial charge in [-0.15, -0.1) is 0 Å². The minimum Gasteiger partial charge on any atom is -0.357 e. The molecule has 4 heterocycles. The van der Waals surface area contributed by atoms with Crippen molar-refractivity contribution in [2.24, 2.45) is 0 Å². The van der Waals surface area contributed by atoms with E-state index in [0.717, 1.165) is 60.6 Å². The topological polar surface area (TPSA) is 37.2 Å². The number of halogens is 1. The first-order valence-corrected chi connectivity index (χ1v) is 12.1. The van der Waals surface area contributed by atoms with Gasteiger partial charge in [-0.05, 0) is 69.0 Å². The van der Waals surface area contributed by atoms with Gasteiger partial charge in [0.05, 0.1) is 13.1 Å². The summed E-state index contributed by atoms with van der Waals surface area (Å²) in [5, 5.41) is 0.770. The Balaban J connectivity index is 1.53. The monoisotopic (exact) mass is 437 g/mol. The first-order valence-electron chi connectivity index (χ1n) is 11.8. The number of nitrogens with zero attached hydrogens (tertiary/aromatic N) is 5. The number of likely N-dealkylation sites (tertiary alicyclic amines) is 1. The van der Waals surface area contributed by atoms with Gasteiger partial charge in [-0.2, -0.15) is 0 Å². The third kappa shape index (κ3) is 4.58. The van der Waals surface area contributed by atoms with Crippen LogP contribution in [0.25, 0.3) is 11.2 Å². The molecule has 2 aliphatic heterocycles. The number of anilines is 1. The van der Waals surface area contributed by atoms with Crippen LogP contribution in [0.2, 0.25) is 5.02 Å². The molecule has 0 spiro atoms. The molecule has 3 aromatic rings. The van der Waals surface area contributed by atoms with Gasteiger partial charge in [-0.3, -0.25) is 4.90 Å². The van der Waals surface area contributed by atoms with Crippen molar-refractivity contribution in [1.29, 1.82) is 0 Å². The summed E-state index contributed by atoms with van der Waals surface area (Å²) in [6, 6.07) is 13.1. The summed E-state index contributed by atoms with van der Waals surface area (Å²) < 4.78 is 2.32. The minimum atomic E-state index is 0.615. The number of fused-ring (bicyclic) bond motifs is 1. The van der Waals surface area contributed by atoms with Gasteiger partial charge in [0.25, 0.3) is 0 Å². The van der Waals surface area contributed by atoms with Crippen molar-refractivity contribution in [3.05, 3.63) is 52.8 Å². The summed E-state index contributed by atoms with van der Waals surface area (Å²) in [6.07, 6.45) is 7.70. The van der Waals surface area contributed by atoms with Crippen molar-refractivity contribution in [1.82, 2.24) is 19.4 Å². The second kappa shape index (κ2) is 9.17. The van der Waals surface area contributed by atoms with Crippen LogP contribution in [-0.2, 0) is 13.1 Å². The van der Waals surface area contributed by atoms with Crippen LogP contribution in [0.15, 0.2) is 36.4 Å². The zero-order valence-electron chi connectivity index (χ0n) is 18.4. The molecule has 0 saturated carbocycles. The second-order valence-corrected chi connectivity index (χ2v) is 9.55. The lowest BCUT2D eigenvalue weighted by Gasteiger charge is -2.22. The molecular formula is C25H32ClN5. The smallest absolute Gasteiger partial charge is 0.162 e. The zero-order chi connectivity index (χ0) is 21.2.